The number of methoxy groups -OCH3 is 1. The SMILES string of the molecule is COC(=O)c1cc2c([nH]1)CCC2Cc1cccc(C2CC2)c1. The summed E-state index contributed by atoms with van der Waals surface area (Å²) in [4.78, 5) is 14.9. The van der Waals surface area contributed by atoms with E-state index in [1.165, 1.54) is 42.3 Å². The molecule has 0 radical (unpaired) electrons. The van der Waals surface area contributed by atoms with E-state index in [2.05, 4.69) is 29.2 Å². The molecule has 1 aromatic carbocycles. The van der Waals surface area contributed by atoms with Gasteiger partial charge in [-0.25, -0.2) is 4.79 Å². The lowest BCUT2D eigenvalue weighted by Gasteiger charge is -2.11. The molecule has 2 aromatic rings. The Hall–Kier alpha value is -2.03. The predicted molar refractivity (Wildman–Crippen MR) is 85.3 cm³/mol. The number of rotatable bonds is 4. The quantitative estimate of drug-likeness (QED) is 0.868. The van der Waals surface area contributed by atoms with Gasteiger partial charge < -0.3 is 9.72 Å². The van der Waals surface area contributed by atoms with Gasteiger partial charge in [-0.1, -0.05) is 24.3 Å². The highest BCUT2D eigenvalue weighted by Crippen LogP contribution is 2.41. The third-order valence-electron chi connectivity index (χ3n) is 5.00. The normalized spacial score (nSPS) is 20.0. The van der Waals surface area contributed by atoms with Gasteiger partial charge in [-0.05, 0) is 66.7 Å². The molecular weight excluding hydrogens is 274 g/mol. The molecule has 0 bridgehead atoms. The van der Waals surface area contributed by atoms with Gasteiger partial charge in [0.1, 0.15) is 5.69 Å². The van der Waals surface area contributed by atoms with Gasteiger partial charge in [0.2, 0.25) is 0 Å². The molecule has 2 aliphatic rings. The summed E-state index contributed by atoms with van der Waals surface area (Å²) >= 11 is 0. The fourth-order valence-electron chi connectivity index (χ4n) is 3.67. The first-order chi connectivity index (χ1) is 10.7. The Morgan fingerprint density at radius 3 is 2.91 bits per heavy atom. The van der Waals surface area contributed by atoms with E-state index in [-0.39, 0.29) is 5.97 Å². The first-order valence-corrected chi connectivity index (χ1v) is 8.13. The lowest BCUT2D eigenvalue weighted by Crippen LogP contribution is -2.03. The number of carbonyl (C=O) groups excluding carboxylic acids is 1. The maximum absolute atomic E-state index is 11.7. The number of fused-ring (bicyclic) bond motifs is 1. The summed E-state index contributed by atoms with van der Waals surface area (Å²) in [7, 11) is 1.43. The van der Waals surface area contributed by atoms with Gasteiger partial charge in [0.25, 0.3) is 0 Å². The van der Waals surface area contributed by atoms with Crippen LogP contribution in [0.15, 0.2) is 30.3 Å². The lowest BCUT2D eigenvalue weighted by atomic mass is 9.93. The number of carbonyl (C=O) groups is 1. The Morgan fingerprint density at radius 2 is 2.14 bits per heavy atom. The van der Waals surface area contributed by atoms with E-state index in [0.29, 0.717) is 11.6 Å². The van der Waals surface area contributed by atoms with Crippen LogP contribution in [0, 0.1) is 0 Å². The Bertz CT molecular complexity index is 712. The molecule has 1 aromatic heterocycles. The van der Waals surface area contributed by atoms with Crippen LogP contribution in [0.4, 0.5) is 0 Å². The van der Waals surface area contributed by atoms with Gasteiger partial charge in [0.05, 0.1) is 7.11 Å². The van der Waals surface area contributed by atoms with Crippen LogP contribution in [0.3, 0.4) is 0 Å². The number of benzene rings is 1. The molecule has 0 amide bonds. The minimum absolute atomic E-state index is 0.274. The summed E-state index contributed by atoms with van der Waals surface area (Å²) < 4.78 is 4.81. The highest BCUT2D eigenvalue weighted by molar-refractivity contribution is 5.88. The standard InChI is InChI=1S/C19H21NO2/c1-22-19(21)18-11-16-15(7-8-17(16)20-18)10-12-3-2-4-14(9-12)13-5-6-13/h2-4,9,11,13,15,20H,5-8,10H2,1H3. The summed E-state index contributed by atoms with van der Waals surface area (Å²) in [6.45, 7) is 0. The van der Waals surface area contributed by atoms with Crippen LogP contribution < -0.4 is 0 Å². The molecule has 0 aliphatic heterocycles. The van der Waals surface area contributed by atoms with Gasteiger partial charge in [0, 0.05) is 5.69 Å². The highest BCUT2D eigenvalue weighted by atomic mass is 16.5. The molecule has 4 rings (SSSR count). The minimum atomic E-state index is -0.274. The summed E-state index contributed by atoms with van der Waals surface area (Å²) in [5, 5.41) is 0. The maximum atomic E-state index is 11.7. The molecule has 1 fully saturated rings. The van der Waals surface area contributed by atoms with Crippen molar-refractivity contribution in [1.29, 1.82) is 0 Å². The van der Waals surface area contributed by atoms with Crippen molar-refractivity contribution in [3.05, 3.63) is 58.4 Å². The number of esters is 1. The summed E-state index contributed by atoms with van der Waals surface area (Å²) in [6.07, 6.45) is 5.94. The zero-order valence-corrected chi connectivity index (χ0v) is 12.9. The van der Waals surface area contributed by atoms with E-state index in [4.69, 9.17) is 4.74 Å². The predicted octanol–water partition coefficient (Wildman–Crippen LogP) is 3.95. The van der Waals surface area contributed by atoms with Crippen molar-refractivity contribution in [2.75, 3.05) is 7.11 Å². The van der Waals surface area contributed by atoms with Crippen molar-refractivity contribution in [1.82, 2.24) is 4.98 Å². The third-order valence-corrected chi connectivity index (χ3v) is 5.00. The second kappa shape index (κ2) is 5.31. The van der Waals surface area contributed by atoms with E-state index in [0.717, 1.165) is 25.2 Å². The molecule has 2 aliphatic carbocycles. The van der Waals surface area contributed by atoms with Gasteiger partial charge >= 0.3 is 5.97 Å². The van der Waals surface area contributed by atoms with Crippen LogP contribution in [0.1, 0.15) is 64.0 Å². The van der Waals surface area contributed by atoms with Crippen LogP contribution in [0.5, 0.6) is 0 Å². The third kappa shape index (κ3) is 2.45. The van der Waals surface area contributed by atoms with Crippen molar-refractivity contribution >= 4 is 5.97 Å². The fourth-order valence-corrected chi connectivity index (χ4v) is 3.67. The molecule has 3 heteroatoms. The second-order valence-electron chi connectivity index (χ2n) is 6.57. The average molecular weight is 295 g/mol. The zero-order chi connectivity index (χ0) is 15.1. The van der Waals surface area contributed by atoms with E-state index < -0.39 is 0 Å². The van der Waals surface area contributed by atoms with Gasteiger partial charge in [-0.3, -0.25) is 0 Å². The van der Waals surface area contributed by atoms with E-state index >= 15 is 0 Å². The van der Waals surface area contributed by atoms with Gasteiger partial charge in [0.15, 0.2) is 0 Å². The van der Waals surface area contributed by atoms with Gasteiger partial charge in [-0.2, -0.15) is 0 Å². The van der Waals surface area contributed by atoms with Crippen molar-refractivity contribution in [2.45, 2.75) is 43.9 Å². The molecular formula is C19H21NO2. The van der Waals surface area contributed by atoms with Crippen molar-refractivity contribution in [2.24, 2.45) is 0 Å². The van der Waals surface area contributed by atoms with E-state index in [9.17, 15) is 4.79 Å². The molecule has 1 atom stereocenters. The van der Waals surface area contributed by atoms with Gasteiger partial charge in [-0.15, -0.1) is 0 Å². The van der Waals surface area contributed by atoms with Crippen LogP contribution >= 0.6 is 0 Å². The number of ether oxygens (including phenoxy) is 1. The second-order valence-corrected chi connectivity index (χ2v) is 6.57. The summed E-state index contributed by atoms with van der Waals surface area (Å²) in [6, 6.07) is 11.0. The van der Waals surface area contributed by atoms with Crippen LogP contribution in [0.2, 0.25) is 0 Å². The van der Waals surface area contributed by atoms with Crippen molar-refractivity contribution in [3.63, 3.8) is 0 Å². The lowest BCUT2D eigenvalue weighted by molar-refractivity contribution is 0.0594. The largest absolute Gasteiger partial charge is 0.464 e. The van der Waals surface area contributed by atoms with Crippen molar-refractivity contribution in [3.8, 4) is 0 Å². The minimum Gasteiger partial charge on any atom is -0.464 e. The molecule has 114 valence electrons. The molecule has 22 heavy (non-hydrogen) atoms. The first kappa shape index (κ1) is 13.6. The Morgan fingerprint density at radius 1 is 1.27 bits per heavy atom. The average Bonchev–Trinajstić information content (AvgIpc) is 3.21. The summed E-state index contributed by atoms with van der Waals surface area (Å²) in [5.41, 5.74) is 6.02. The van der Waals surface area contributed by atoms with E-state index in [1.807, 2.05) is 6.07 Å². The van der Waals surface area contributed by atoms with E-state index in [1.54, 1.807) is 0 Å². The number of aryl methyl sites for hydroxylation is 1. The highest BCUT2D eigenvalue weighted by Gasteiger charge is 2.28. The topological polar surface area (TPSA) is 42.1 Å². The van der Waals surface area contributed by atoms with Crippen LogP contribution in [-0.4, -0.2) is 18.1 Å². The number of hydrogen-bond donors (Lipinski definition) is 1. The zero-order valence-electron chi connectivity index (χ0n) is 12.9. The number of aromatic amines is 1. The summed E-state index contributed by atoms with van der Waals surface area (Å²) in [5.74, 6) is 1.04. The monoisotopic (exact) mass is 295 g/mol. The molecule has 0 spiro atoms. The Kier molecular flexibility index (Phi) is 3.29. The molecule has 1 heterocycles. The Labute approximate surface area is 130 Å². The Balaban J connectivity index is 1.54. The number of aromatic nitrogens is 1. The molecule has 0 saturated heterocycles. The fraction of sp³-hybridized carbons (Fsp3) is 0.421. The maximum Gasteiger partial charge on any atom is 0.354 e. The number of H-pyrrole nitrogens is 1. The van der Waals surface area contributed by atoms with Crippen LogP contribution in [0.25, 0.3) is 0 Å². The number of hydrogen-bond acceptors (Lipinski definition) is 2. The smallest absolute Gasteiger partial charge is 0.354 e. The molecule has 1 N–H and O–H groups in total. The van der Waals surface area contributed by atoms with Crippen molar-refractivity contribution < 1.29 is 9.53 Å². The first-order valence-electron chi connectivity index (χ1n) is 8.13. The molecule has 1 unspecified atom stereocenters. The number of nitrogens with one attached hydrogen (secondary N) is 1. The molecule has 1 saturated carbocycles. The molecule has 3 nitrogen and oxygen atoms in total. The van der Waals surface area contributed by atoms with Crippen LogP contribution in [-0.2, 0) is 17.6 Å².